The van der Waals surface area contributed by atoms with Crippen LogP contribution in [0.5, 0.6) is 5.75 Å². The number of anilines is 1. The number of benzene rings is 1. The van der Waals surface area contributed by atoms with Gasteiger partial charge in [0, 0.05) is 5.69 Å². The second-order valence-electron chi connectivity index (χ2n) is 4.64. The first-order valence-electron chi connectivity index (χ1n) is 5.70. The van der Waals surface area contributed by atoms with E-state index in [-0.39, 0.29) is 0 Å². The SMILES string of the molecule is COc1ccc(NC2=CC(=S)N(C)[N+]2(C)C)cc1. The molecule has 0 aliphatic carbocycles. The first-order valence-corrected chi connectivity index (χ1v) is 6.11. The monoisotopic (exact) mass is 264 g/mol. The van der Waals surface area contributed by atoms with Crippen LogP contribution in [-0.4, -0.2) is 42.8 Å². The number of likely N-dealkylation sites (N-methyl/N-ethyl adjacent to an activating group) is 1. The molecule has 96 valence electrons. The standard InChI is InChI=1S/C13H17N3OS/c1-15-13(18)9-12(16(15,2)3)14-10-5-7-11(17-4)8-6-10/h5-9H,1-4H3/p+1. The van der Waals surface area contributed by atoms with E-state index in [0.29, 0.717) is 4.59 Å². The third-order valence-electron chi connectivity index (χ3n) is 3.28. The summed E-state index contributed by atoms with van der Waals surface area (Å²) in [5.41, 5.74) is 1.02. The van der Waals surface area contributed by atoms with Crippen LogP contribution in [0.2, 0.25) is 0 Å². The van der Waals surface area contributed by atoms with Gasteiger partial charge in [-0.3, -0.25) is 0 Å². The maximum Gasteiger partial charge on any atom is 0.233 e. The number of hydrogen-bond donors (Lipinski definition) is 1. The molecule has 0 bridgehead atoms. The fourth-order valence-electron chi connectivity index (χ4n) is 1.77. The van der Waals surface area contributed by atoms with Gasteiger partial charge in [0.25, 0.3) is 0 Å². The molecule has 18 heavy (non-hydrogen) atoms. The van der Waals surface area contributed by atoms with Crippen molar-refractivity contribution in [1.82, 2.24) is 5.01 Å². The summed E-state index contributed by atoms with van der Waals surface area (Å²) in [6.45, 7) is 0. The maximum atomic E-state index is 5.30. The summed E-state index contributed by atoms with van der Waals surface area (Å²) in [4.78, 5) is 0.830. The Morgan fingerprint density at radius 1 is 1.22 bits per heavy atom. The van der Waals surface area contributed by atoms with Crippen molar-refractivity contribution in [2.45, 2.75) is 0 Å². The minimum atomic E-state index is 0.588. The molecule has 5 heteroatoms. The highest BCUT2D eigenvalue weighted by Gasteiger charge is 2.36. The van der Waals surface area contributed by atoms with Crippen molar-refractivity contribution in [3.63, 3.8) is 0 Å². The van der Waals surface area contributed by atoms with E-state index in [1.807, 2.05) is 42.4 Å². The highest BCUT2D eigenvalue weighted by Crippen LogP contribution is 2.25. The Kier molecular flexibility index (Phi) is 3.28. The van der Waals surface area contributed by atoms with E-state index < -0.39 is 0 Å². The minimum absolute atomic E-state index is 0.588. The van der Waals surface area contributed by atoms with E-state index in [2.05, 4.69) is 19.4 Å². The molecule has 0 saturated carbocycles. The molecule has 0 unspecified atom stereocenters. The van der Waals surface area contributed by atoms with Gasteiger partial charge in [-0.25, -0.2) is 5.01 Å². The Hall–Kier alpha value is -1.59. The minimum Gasteiger partial charge on any atom is -0.497 e. The van der Waals surface area contributed by atoms with Crippen LogP contribution >= 0.6 is 12.2 Å². The van der Waals surface area contributed by atoms with Gasteiger partial charge in [0.2, 0.25) is 5.82 Å². The molecule has 1 aromatic rings. The first kappa shape index (κ1) is 12.9. The Balaban J connectivity index is 2.19. The third-order valence-corrected chi connectivity index (χ3v) is 3.66. The molecular formula is C13H18N3OS+. The molecule has 1 heterocycles. The Labute approximate surface area is 113 Å². The van der Waals surface area contributed by atoms with Crippen LogP contribution in [0.3, 0.4) is 0 Å². The largest absolute Gasteiger partial charge is 0.497 e. The zero-order valence-corrected chi connectivity index (χ0v) is 11.9. The van der Waals surface area contributed by atoms with Crippen molar-refractivity contribution in [3.05, 3.63) is 36.2 Å². The van der Waals surface area contributed by atoms with Gasteiger partial charge in [-0.05, 0) is 24.3 Å². The molecule has 0 saturated heterocycles. The summed E-state index contributed by atoms with van der Waals surface area (Å²) in [5.74, 6) is 1.90. The summed E-state index contributed by atoms with van der Waals surface area (Å²) in [7, 11) is 7.82. The number of ether oxygens (including phenoxy) is 1. The normalized spacial score (nSPS) is 17.7. The van der Waals surface area contributed by atoms with E-state index in [1.54, 1.807) is 7.11 Å². The lowest BCUT2D eigenvalue weighted by atomic mass is 10.3. The molecule has 0 fully saturated rings. The van der Waals surface area contributed by atoms with Crippen LogP contribution in [-0.2, 0) is 0 Å². The van der Waals surface area contributed by atoms with Crippen molar-refractivity contribution >= 4 is 22.9 Å². The third kappa shape index (κ3) is 2.19. The van der Waals surface area contributed by atoms with Gasteiger partial charge in [-0.15, -0.1) is 0 Å². The molecule has 0 radical (unpaired) electrons. The van der Waals surface area contributed by atoms with Gasteiger partial charge in [-0.1, -0.05) is 12.2 Å². The van der Waals surface area contributed by atoms with Crippen molar-refractivity contribution in [3.8, 4) is 5.75 Å². The van der Waals surface area contributed by atoms with E-state index in [9.17, 15) is 0 Å². The molecule has 1 N–H and O–H groups in total. The van der Waals surface area contributed by atoms with Crippen LogP contribution in [0.25, 0.3) is 0 Å². The average molecular weight is 264 g/mol. The molecule has 1 aliphatic heterocycles. The van der Waals surface area contributed by atoms with Gasteiger partial charge < -0.3 is 10.1 Å². The number of nitrogens with one attached hydrogen (secondary N) is 1. The number of quaternary nitrogens is 1. The molecule has 4 nitrogen and oxygen atoms in total. The molecule has 2 rings (SSSR count). The van der Waals surface area contributed by atoms with Crippen molar-refractivity contribution in [2.24, 2.45) is 0 Å². The summed E-state index contributed by atoms with van der Waals surface area (Å²) < 4.78 is 5.73. The lowest BCUT2D eigenvalue weighted by molar-refractivity contribution is -0.946. The summed E-state index contributed by atoms with van der Waals surface area (Å²) in [5, 5.41) is 5.42. The van der Waals surface area contributed by atoms with Crippen molar-refractivity contribution in [2.75, 3.05) is 33.6 Å². The molecule has 0 aromatic heterocycles. The molecule has 0 amide bonds. The summed E-state index contributed by atoms with van der Waals surface area (Å²) in [6, 6.07) is 7.84. The summed E-state index contributed by atoms with van der Waals surface area (Å²) in [6.07, 6.45) is 1.99. The van der Waals surface area contributed by atoms with Crippen LogP contribution in [0.4, 0.5) is 5.69 Å². The zero-order valence-electron chi connectivity index (χ0n) is 11.1. The lowest BCUT2D eigenvalue weighted by Crippen LogP contribution is -2.50. The van der Waals surface area contributed by atoms with Crippen molar-refractivity contribution < 1.29 is 9.33 Å². The van der Waals surface area contributed by atoms with Gasteiger partial charge in [0.05, 0.1) is 34.3 Å². The second kappa shape index (κ2) is 4.59. The number of rotatable bonds is 3. The fourth-order valence-corrected chi connectivity index (χ4v) is 2.09. The van der Waals surface area contributed by atoms with Crippen LogP contribution in [0.1, 0.15) is 0 Å². The predicted octanol–water partition coefficient (Wildman–Crippen LogP) is 2.21. The second-order valence-corrected chi connectivity index (χ2v) is 5.06. The first-order chi connectivity index (χ1) is 8.45. The number of methoxy groups -OCH3 is 1. The lowest BCUT2D eigenvalue weighted by Gasteiger charge is -2.33. The highest BCUT2D eigenvalue weighted by atomic mass is 32.1. The molecular weight excluding hydrogens is 246 g/mol. The Morgan fingerprint density at radius 2 is 1.83 bits per heavy atom. The van der Waals surface area contributed by atoms with Gasteiger partial charge in [0.15, 0.2) is 4.99 Å². The van der Waals surface area contributed by atoms with E-state index in [1.165, 1.54) is 0 Å². The predicted molar refractivity (Wildman–Crippen MR) is 77.2 cm³/mol. The number of hydrogen-bond acceptors (Lipinski definition) is 3. The quantitative estimate of drug-likeness (QED) is 0.668. The molecule has 0 atom stereocenters. The Morgan fingerprint density at radius 3 is 2.28 bits per heavy atom. The van der Waals surface area contributed by atoms with E-state index in [0.717, 1.165) is 22.2 Å². The molecule has 1 aromatic carbocycles. The fraction of sp³-hybridized carbons (Fsp3) is 0.308. The molecule has 0 spiro atoms. The maximum absolute atomic E-state index is 5.30. The Bertz CT molecular complexity index is 493. The van der Waals surface area contributed by atoms with E-state index >= 15 is 0 Å². The van der Waals surface area contributed by atoms with Gasteiger partial charge in [-0.2, -0.15) is 4.59 Å². The van der Waals surface area contributed by atoms with Gasteiger partial charge in [0.1, 0.15) is 5.75 Å². The number of nitrogens with zero attached hydrogens (tertiary/aromatic N) is 2. The smallest absolute Gasteiger partial charge is 0.233 e. The average Bonchev–Trinajstić information content (AvgIpc) is 2.54. The topological polar surface area (TPSA) is 24.5 Å². The van der Waals surface area contributed by atoms with Crippen LogP contribution < -0.4 is 10.1 Å². The van der Waals surface area contributed by atoms with Crippen LogP contribution in [0.15, 0.2) is 36.2 Å². The van der Waals surface area contributed by atoms with Crippen LogP contribution in [0, 0.1) is 0 Å². The van der Waals surface area contributed by atoms with Gasteiger partial charge >= 0.3 is 0 Å². The molecule has 1 aliphatic rings. The zero-order chi connectivity index (χ0) is 13.3. The van der Waals surface area contributed by atoms with E-state index in [4.69, 9.17) is 17.0 Å². The summed E-state index contributed by atoms with van der Waals surface area (Å²) >= 11 is 5.30. The van der Waals surface area contributed by atoms with Crippen molar-refractivity contribution in [1.29, 1.82) is 0 Å². The number of thiocarbonyl (C=S) groups is 1. The highest BCUT2D eigenvalue weighted by molar-refractivity contribution is 7.80.